The average molecular weight is 408 g/mol. The number of rotatable bonds is 2. The molecule has 0 spiro atoms. The molecule has 1 heterocycles. The van der Waals surface area contributed by atoms with Crippen molar-refractivity contribution in [2.24, 2.45) is 5.41 Å². The number of halogens is 6. The molecule has 1 aliphatic heterocycles. The molecule has 0 bridgehead atoms. The normalized spacial score (nSPS) is 17.6. The van der Waals surface area contributed by atoms with Crippen molar-refractivity contribution in [3.8, 4) is 0 Å². The van der Waals surface area contributed by atoms with Crippen LogP contribution in [0.3, 0.4) is 0 Å². The van der Waals surface area contributed by atoms with Gasteiger partial charge in [0.1, 0.15) is 0 Å². The van der Waals surface area contributed by atoms with Crippen LogP contribution in [0, 0.1) is 5.41 Å². The van der Waals surface area contributed by atoms with E-state index in [4.69, 9.17) is 11.6 Å². The predicted molar refractivity (Wildman–Crippen MR) is 97.6 cm³/mol. The van der Waals surface area contributed by atoms with Crippen molar-refractivity contribution < 1.29 is 13.2 Å². The molecule has 140 valence electrons. The first-order chi connectivity index (χ1) is 10.1. The number of hydrogen-bond acceptors (Lipinski definition) is 2. The maximum Gasteiger partial charge on any atom is 0.417 e. The number of nitrogens with zero attached hydrogens (tertiary/aromatic N) is 1. The molecule has 0 aromatic heterocycles. The van der Waals surface area contributed by atoms with Crippen LogP contribution in [0.1, 0.15) is 37.9 Å². The minimum Gasteiger partial charge on any atom is -0.314 e. The Labute approximate surface area is 158 Å². The lowest BCUT2D eigenvalue weighted by molar-refractivity contribution is -0.137. The minimum absolute atomic E-state index is 0. The van der Waals surface area contributed by atoms with E-state index >= 15 is 0 Å². The summed E-state index contributed by atoms with van der Waals surface area (Å²) in [6.07, 6.45) is -4.41. The highest BCUT2D eigenvalue weighted by Gasteiger charge is 2.36. The van der Waals surface area contributed by atoms with Crippen molar-refractivity contribution in [3.05, 3.63) is 34.3 Å². The molecule has 0 amide bonds. The molecule has 1 N–H and O–H groups in total. The van der Waals surface area contributed by atoms with E-state index in [0.29, 0.717) is 0 Å². The van der Waals surface area contributed by atoms with Crippen molar-refractivity contribution in [3.63, 3.8) is 0 Å². The fourth-order valence-corrected chi connectivity index (χ4v) is 3.43. The smallest absolute Gasteiger partial charge is 0.314 e. The summed E-state index contributed by atoms with van der Waals surface area (Å²) in [7, 11) is 0. The van der Waals surface area contributed by atoms with Crippen LogP contribution in [0.4, 0.5) is 13.2 Å². The quantitative estimate of drug-likeness (QED) is 0.725. The highest BCUT2D eigenvalue weighted by atomic mass is 35.5. The Kier molecular flexibility index (Phi) is 8.87. The fraction of sp³-hybridized carbons (Fsp3) is 0.625. The van der Waals surface area contributed by atoms with E-state index < -0.39 is 11.7 Å². The van der Waals surface area contributed by atoms with Gasteiger partial charge in [-0.3, -0.25) is 4.90 Å². The molecule has 1 aliphatic rings. The van der Waals surface area contributed by atoms with Crippen LogP contribution in [-0.2, 0) is 6.18 Å². The van der Waals surface area contributed by atoms with Gasteiger partial charge in [-0.1, -0.05) is 38.4 Å². The number of alkyl halides is 3. The Bertz CT molecular complexity index is 524. The molecule has 8 heteroatoms. The second kappa shape index (κ2) is 8.95. The van der Waals surface area contributed by atoms with Crippen LogP contribution in [0.25, 0.3) is 0 Å². The first kappa shape index (κ1) is 23.8. The summed E-state index contributed by atoms with van der Waals surface area (Å²) >= 11 is 5.90. The van der Waals surface area contributed by atoms with Gasteiger partial charge in [-0.15, -0.1) is 24.8 Å². The number of hydrogen-bond donors (Lipinski definition) is 1. The van der Waals surface area contributed by atoms with Crippen molar-refractivity contribution in [1.82, 2.24) is 10.2 Å². The third kappa shape index (κ3) is 5.67. The van der Waals surface area contributed by atoms with Crippen molar-refractivity contribution in [2.45, 2.75) is 33.0 Å². The first-order valence-corrected chi connectivity index (χ1v) is 7.80. The lowest BCUT2D eigenvalue weighted by Gasteiger charge is -2.42. The monoisotopic (exact) mass is 406 g/mol. The van der Waals surface area contributed by atoms with E-state index in [1.807, 2.05) is 0 Å². The van der Waals surface area contributed by atoms with Crippen molar-refractivity contribution in [1.29, 1.82) is 0 Å². The molecule has 1 saturated heterocycles. The molecular formula is C16H24Cl3F3N2. The molecule has 1 fully saturated rings. The van der Waals surface area contributed by atoms with Gasteiger partial charge in [0, 0.05) is 32.2 Å². The van der Waals surface area contributed by atoms with Crippen LogP contribution in [-0.4, -0.2) is 31.1 Å². The summed E-state index contributed by atoms with van der Waals surface area (Å²) in [5.41, 5.74) is -0.0289. The lowest BCUT2D eigenvalue weighted by Crippen LogP contribution is -2.48. The molecule has 0 aliphatic carbocycles. The summed E-state index contributed by atoms with van der Waals surface area (Å²) < 4.78 is 38.6. The van der Waals surface area contributed by atoms with Gasteiger partial charge in [0.25, 0.3) is 0 Å². The largest absolute Gasteiger partial charge is 0.417 e. The van der Waals surface area contributed by atoms with Gasteiger partial charge in [0.15, 0.2) is 0 Å². The second-order valence-corrected chi connectivity index (χ2v) is 7.20. The third-order valence-electron chi connectivity index (χ3n) is 3.95. The standard InChI is InChI=1S/C16H22ClF3N2.2ClH/c1-15(2,3)14(22-8-6-21-7-9-22)11-4-5-12(13(17)10-11)16(18,19)20;;/h4-5,10,14,21H,6-9H2,1-3H3;2*1H/t14-;;/m1../s1. The summed E-state index contributed by atoms with van der Waals surface area (Å²) in [4.78, 5) is 2.31. The van der Waals surface area contributed by atoms with Gasteiger partial charge in [-0.2, -0.15) is 13.2 Å². The van der Waals surface area contributed by atoms with Crippen molar-refractivity contribution >= 4 is 36.4 Å². The van der Waals surface area contributed by atoms with Gasteiger partial charge < -0.3 is 5.32 Å². The maximum absolute atomic E-state index is 12.9. The Morgan fingerprint density at radius 1 is 1.08 bits per heavy atom. The van der Waals surface area contributed by atoms with Crippen LogP contribution < -0.4 is 5.32 Å². The van der Waals surface area contributed by atoms with Gasteiger partial charge in [-0.25, -0.2) is 0 Å². The van der Waals surface area contributed by atoms with E-state index in [2.05, 4.69) is 31.0 Å². The number of piperazine rings is 1. The predicted octanol–water partition coefficient (Wildman–Crippen LogP) is 5.19. The number of nitrogens with one attached hydrogen (secondary N) is 1. The highest BCUT2D eigenvalue weighted by Crippen LogP contribution is 2.41. The Balaban J connectivity index is 0.00000264. The lowest BCUT2D eigenvalue weighted by atomic mass is 9.80. The molecule has 1 aromatic carbocycles. The molecule has 0 radical (unpaired) electrons. The molecule has 2 rings (SSSR count). The van der Waals surface area contributed by atoms with Crippen LogP contribution >= 0.6 is 36.4 Å². The molecular weight excluding hydrogens is 384 g/mol. The van der Waals surface area contributed by atoms with Crippen LogP contribution in [0.15, 0.2) is 18.2 Å². The zero-order chi connectivity index (χ0) is 16.5. The number of benzene rings is 1. The van der Waals surface area contributed by atoms with Gasteiger partial charge in [0.2, 0.25) is 0 Å². The van der Waals surface area contributed by atoms with Crippen LogP contribution in [0.2, 0.25) is 5.02 Å². The molecule has 1 aromatic rings. The van der Waals surface area contributed by atoms with E-state index in [9.17, 15) is 13.2 Å². The van der Waals surface area contributed by atoms with Crippen LogP contribution in [0.5, 0.6) is 0 Å². The zero-order valence-corrected chi connectivity index (χ0v) is 16.3. The third-order valence-corrected chi connectivity index (χ3v) is 4.26. The maximum atomic E-state index is 12.9. The molecule has 2 nitrogen and oxygen atoms in total. The Hall–Kier alpha value is -0.200. The van der Waals surface area contributed by atoms with E-state index in [1.54, 1.807) is 6.07 Å². The molecule has 24 heavy (non-hydrogen) atoms. The molecule has 1 atom stereocenters. The van der Waals surface area contributed by atoms with Crippen molar-refractivity contribution in [2.75, 3.05) is 26.2 Å². The minimum atomic E-state index is -4.41. The zero-order valence-electron chi connectivity index (χ0n) is 13.9. The SMILES string of the molecule is CC(C)(C)[C@@H](c1ccc(C(F)(F)F)c(Cl)c1)N1CCNCC1.Cl.Cl. The summed E-state index contributed by atoms with van der Waals surface area (Å²) in [6, 6.07) is 4.17. The summed E-state index contributed by atoms with van der Waals surface area (Å²) in [5, 5.41) is 3.07. The molecule has 0 saturated carbocycles. The average Bonchev–Trinajstić information content (AvgIpc) is 2.37. The van der Waals surface area contributed by atoms with E-state index in [1.165, 1.54) is 6.07 Å². The topological polar surface area (TPSA) is 15.3 Å². The van der Waals surface area contributed by atoms with Gasteiger partial charge in [-0.05, 0) is 23.1 Å². The molecule has 0 unspecified atom stereocenters. The fourth-order valence-electron chi connectivity index (χ4n) is 3.13. The summed E-state index contributed by atoms with van der Waals surface area (Å²) in [5.74, 6) is 0. The highest BCUT2D eigenvalue weighted by molar-refractivity contribution is 6.31. The van der Waals surface area contributed by atoms with Gasteiger partial charge >= 0.3 is 6.18 Å². The summed E-state index contributed by atoms with van der Waals surface area (Å²) in [6.45, 7) is 9.84. The van der Waals surface area contributed by atoms with E-state index in [0.717, 1.165) is 37.8 Å². The van der Waals surface area contributed by atoms with Gasteiger partial charge in [0.05, 0.1) is 10.6 Å². The first-order valence-electron chi connectivity index (χ1n) is 7.42. The second-order valence-electron chi connectivity index (χ2n) is 6.79. The Morgan fingerprint density at radius 2 is 1.62 bits per heavy atom. The Morgan fingerprint density at radius 3 is 2.04 bits per heavy atom. The van der Waals surface area contributed by atoms with E-state index in [-0.39, 0.29) is 41.3 Å².